The lowest BCUT2D eigenvalue weighted by atomic mass is 10.1. The minimum atomic E-state index is -0.367. The first-order valence-corrected chi connectivity index (χ1v) is 6.06. The molecule has 4 heteroatoms. The van der Waals surface area contributed by atoms with Gasteiger partial charge in [0.25, 0.3) is 0 Å². The molecular weight excluding hydrogens is 257 g/mol. The van der Waals surface area contributed by atoms with Crippen molar-refractivity contribution in [1.82, 2.24) is 0 Å². The summed E-state index contributed by atoms with van der Waals surface area (Å²) in [5.41, 5.74) is 0.865. The lowest BCUT2D eigenvalue weighted by Gasteiger charge is -2.02. The topological polar surface area (TPSA) is 38.3 Å². The van der Waals surface area contributed by atoms with E-state index in [1.165, 1.54) is 18.3 Å². The van der Waals surface area contributed by atoms with E-state index in [9.17, 15) is 9.18 Å². The Labute approximate surface area is 116 Å². The number of ether oxygens (including phenoxy) is 1. The van der Waals surface area contributed by atoms with E-state index in [1.54, 1.807) is 49.6 Å². The zero-order chi connectivity index (χ0) is 14.4. The van der Waals surface area contributed by atoms with Crippen LogP contribution in [0.1, 0.15) is 10.4 Å². The molecule has 0 bridgehead atoms. The predicted octanol–water partition coefficient (Wildman–Crippen LogP) is 3.64. The molecule has 0 spiro atoms. The van der Waals surface area contributed by atoms with E-state index in [4.69, 9.17) is 4.74 Å². The lowest BCUT2D eigenvalue weighted by molar-refractivity contribution is 0.104. The van der Waals surface area contributed by atoms with Gasteiger partial charge in [0.1, 0.15) is 11.6 Å². The first-order chi connectivity index (χ1) is 9.70. The monoisotopic (exact) mass is 271 g/mol. The number of allylic oxidation sites excluding steroid dienone is 1. The van der Waals surface area contributed by atoms with Crippen LogP contribution in [-0.2, 0) is 0 Å². The van der Waals surface area contributed by atoms with Gasteiger partial charge < -0.3 is 10.1 Å². The molecule has 2 rings (SSSR count). The Morgan fingerprint density at radius 1 is 1.15 bits per heavy atom. The number of anilines is 1. The highest BCUT2D eigenvalue weighted by Gasteiger charge is 2.02. The SMILES string of the molecule is COc1ccc(C(=O)/C=C/Nc2ccccc2F)cc1. The van der Waals surface area contributed by atoms with Crippen LogP contribution < -0.4 is 10.1 Å². The van der Waals surface area contributed by atoms with Gasteiger partial charge in [-0.3, -0.25) is 4.79 Å². The van der Waals surface area contributed by atoms with E-state index >= 15 is 0 Å². The zero-order valence-corrected chi connectivity index (χ0v) is 11.0. The van der Waals surface area contributed by atoms with Crippen LogP contribution in [0, 0.1) is 5.82 Å². The van der Waals surface area contributed by atoms with E-state index < -0.39 is 0 Å². The Morgan fingerprint density at radius 3 is 2.50 bits per heavy atom. The van der Waals surface area contributed by atoms with Gasteiger partial charge in [-0.25, -0.2) is 4.39 Å². The molecule has 0 amide bonds. The molecule has 20 heavy (non-hydrogen) atoms. The van der Waals surface area contributed by atoms with Crippen LogP contribution in [0.25, 0.3) is 0 Å². The second kappa shape index (κ2) is 6.52. The fourth-order valence-electron chi connectivity index (χ4n) is 1.64. The molecule has 0 saturated carbocycles. The van der Waals surface area contributed by atoms with Crippen LogP contribution in [-0.4, -0.2) is 12.9 Å². The Bertz CT molecular complexity index is 621. The van der Waals surface area contributed by atoms with Crippen molar-refractivity contribution in [2.75, 3.05) is 12.4 Å². The quantitative estimate of drug-likeness (QED) is 0.666. The summed E-state index contributed by atoms with van der Waals surface area (Å²) in [5.74, 6) is 0.153. The molecule has 0 aliphatic rings. The molecule has 2 aromatic rings. The number of rotatable bonds is 5. The molecule has 0 aliphatic carbocycles. The smallest absolute Gasteiger partial charge is 0.187 e. The van der Waals surface area contributed by atoms with Crippen molar-refractivity contribution in [3.8, 4) is 5.75 Å². The number of para-hydroxylation sites is 1. The van der Waals surface area contributed by atoms with Crippen LogP contribution in [0.4, 0.5) is 10.1 Å². The standard InChI is InChI=1S/C16H14FNO2/c1-20-13-8-6-12(7-9-13)16(19)10-11-18-15-5-3-2-4-14(15)17/h2-11,18H,1H3/b11-10+. The van der Waals surface area contributed by atoms with E-state index in [0.717, 1.165) is 0 Å². The molecule has 1 N–H and O–H groups in total. The second-order valence-electron chi connectivity index (χ2n) is 4.05. The fourth-order valence-corrected chi connectivity index (χ4v) is 1.64. The average Bonchev–Trinajstić information content (AvgIpc) is 2.49. The van der Waals surface area contributed by atoms with E-state index in [-0.39, 0.29) is 11.6 Å². The largest absolute Gasteiger partial charge is 0.497 e. The first kappa shape index (κ1) is 13.8. The molecule has 0 unspecified atom stereocenters. The normalized spacial score (nSPS) is 10.5. The highest BCUT2D eigenvalue weighted by molar-refractivity contribution is 6.04. The molecule has 0 fully saturated rings. The van der Waals surface area contributed by atoms with E-state index in [2.05, 4.69) is 5.32 Å². The van der Waals surface area contributed by atoms with E-state index in [0.29, 0.717) is 17.0 Å². The third-order valence-electron chi connectivity index (χ3n) is 2.72. The van der Waals surface area contributed by atoms with Crippen molar-refractivity contribution < 1.29 is 13.9 Å². The third-order valence-corrected chi connectivity index (χ3v) is 2.72. The Morgan fingerprint density at radius 2 is 1.85 bits per heavy atom. The number of ketones is 1. The van der Waals surface area contributed by atoms with Crippen molar-refractivity contribution in [1.29, 1.82) is 0 Å². The van der Waals surface area contributed by atoms with Gasteiger partial charge >= 0.3 is 0 Å². The van der Waals surface area contributed by atoms with Crippen molar-refractivity contribution in [3.63, 3.8) is 0 Å². The number of benzene rings is 2. The van der Waals surface area contributed by atoms with Crippen LogP contribution in [0.5, 0.6) is 5.75 Å². The number of methoxy groups -OCH3 is 1. The lowest BCUT2D eigenvalue weighted by Crippen LogP contribution is -1.97. The fraction of sp³-hybridized carbons (Fsp3) is 0.0625. The summed E-state index contributed by atoms with van der Waals surface area (Å²) >= 11 is 0. The van der Waals surface area contributed by atoms with Crippen molar-refractivity contribution in [2.45, 2.75) is 0 Å². The highest BCUT2D eigenvalue weighted by Crippen LogP contribution is 2.13. The number of carbonyl (C=O) groups excluding carboxylic acids is 1. The van der Waals surface area contributed by atoms with Crippen LogP contribution >= 0.6 is 0 Å². The summed E-state index contributed by atoms with van der Waals surface area (Å²) in [4.78, 5) is 11.9. The van der Waals surface area contributed by atoms with Crippen LogP contribution in [0.3, 0.4) is 0 Å². The number of carbonyl (C=O) groups is 1. The van der Waals surface area contributed by atoms with Gasteiger partial charge in [0.05, 0.1) is 12.8 Å². The summed E-state index contributed by atoms with van der Waals surface area (Å²) in [6.45, 7) is 0. The Kier molecular flexibility index (Phi) is 4.50. The van der Waals surface area contributed by atoms with Crippen molar-refractivity contribution in [2.24, 2.45) is 0 Å². The molecule has 0 radical (unpaired) electrons. The van der Waals surface area contributed by atoms with E-state index in [1.807, 2.05) is 0 Å². The predicted molar refractivity (Wildman–Crippen MR) is 76.5 cm³/mol. The number of halogens is 1. The highest BCUT2D eigenvalue weighted by atomic mass is 19.1. The van der Waals surface area contributed by atoms with Gasteiger partial charge in [-0.2, -0.15) is 0 Å². The number of nitrogens with one attached hydrogen (secondary N) is 1. The minimum absolute atomic E-state index is 0.170. The summed E-state index contributed by atoms with van der Waals surface area (Å²) in [5, 5.41) is 2.74. The molecule has 0 atom stereocenters. The van der Waals surface area contributed by atoms with Gasteiger partial charge in [-0.15, -0.1) is 0 Å². The maximum Gasteiger partial charge on any atom is 0.187 e. The molecule has 2 aromatic carbocycles. The number of hydrogen-bond donors (Lipinski definition) is 1. The molecular formula is C16H14FNO2. The van der Waals surface area contributed by atoms with Crippen molar-refractivity contribution in [3.05, 3.63) is 72.2 Å². The summed E-state index contributed by atoms with van der Waals surface area (Å²) in [6, 6.07) is 13.0. The maximum absolute atomic E-state index is 13.3. The van der Waals surface area contributed by atoms with Gasteiger partial charge in [0.2, 0.25) is 0 Å². The molecule has 3 nitrogen and oxygen atoms in total. The van der Waals surface area contributed by atoms with Gasteiger partial charge in [0.15, 0.2) is 5.78 Å². The number of hydrogen-bond acceptors (Lipinski definition) is 3. The molecule has 0 aliphatic heterocycles. The Balaban J connectivity index is 2.00. The average molecular weight is 271 g/mol. The van der Waals surface area contributed by atoms with Gasteiger partial charge in [-0.05, 0) is 36.4 Å². The van der Waals surface area contributed by atoms with Crippen LogP contribution in [0.2, 0.25) is 0 Å². The van der Waals surface area contributed by atoms with Gasteiger partial charge in [-0.1, -0.05) is 12.1 Å². The Hall–Kier alpha value is -2.62. The summed E-state index contributed by atoms with van der Waals surface area (Å²) in [7, 11) is 1.56. The maximum atomic E-state index is 13.3. The molecule has 0 saturated heterocycles. The molecule has 0 aromatic heterocycles. The van der Waals surface area contributed by atoms with Crippen molar-refractivity contribution >= 4 is 11.5 Å². The second-order valence-corrected chi connectivity index (χ2v) is 4.05. The molecule has 102 valence electrons. The van der Waals surface area contributed by atoms with Crippen LogP contribution in [0.15, 0.2) is 60.8 Å². The third kappa shape index (κ3) is 3.45. The summed E-state index contributed by atoms with van der Waals surface area (Å²) < 4.78 is 18.3. The molecule has 0 heterocycles. The first-order valence-electron chi connectivity index (χ1n) is 6.06. The zero-order valence-electron chi connectivity index (χ0n) is 11.0. The minimum Gasteiger partial charge on any atom is -0.497 e. The van der Waals surface area contributed by atoms with Gasteiger partial charge in [0, 0.05) is 17.8 Å². The summed E-state index contributed by atoms with van der Waals surface area (Å²) in [6.07, 6.45) is 2.78.